The Morgan fingerprint density at radius 3 is 2.65 bits per heavy atom. The molecule has 0 spiro atoms. The molecule has 0 radical (unpaired) electrons. The van der Waals surface area contributed by atoms with E-state index >= 15 is 0 Å². The molecule has 4 rings (SSSR count). The summed E-state index contributed by atoms with van der Waals surface area (Å²) in [5.41, 5.74) is 2.52. The second kappa shape index (κ2) is 9.79. The van der Waals surface area contributed by atoms with Gasteiger partial charge in [-0.05, 0) is 12.6 Å². The van der Waals surface area contributed by atoms with E-state index in [9.17, 15) is 5.11 Å². The molecule has 1 N–H and O–H groups in total. The first kappa shape index (κ1) is 22.6. The maximum absolute atomic E-state index is 9.41. The Hall–Kier alpha value is -3.12. The van der Waals surface area contributed by atoms with Gasteiger partial charge in [-0.25, -0.2) is 9.98 Å². The van der Waals surface area contributed by atoms with Crippen molar-refractivity contribution in [2.24, 2.45) is 9.98 Å². The van der Waals surface area contributed by atoms with Crippen LogP contribution in [-0.4, -0.2) is 47.4 Å². The largest absolute Gasteiger partial charge is 2.00 e. The zero-order valence-corrected chi connectivity index (χ0v) is 19.5. The Morgan fingerprint density at radius 2 is 1.94 bits per heavy atom. The second-order valence-corrected chi connectivity index (χ2v) is 6.70. The van der Waals surface area contributed by atoms with Crippen LogP contribution in [0.1, 0.15) is 18.7 Å². The minimum atomic E-state index is -0.492. The van der Waals surface area contributed by atoms with Crippen molar-refractivity contribution in [3.63, 3.8) is 0 Å². The molecule has 8 nitrogen and oxygen atoms in total. The van der Waals surface area contributed by atoms with Crippen molar-refractivity contribution in [3.05, 3.63) is 66.4 Å². The molecule has 2 aromatic carbocycles. The molecule has 3 aromatic rings. The van der Waals surface area contributed by atoms with Crippen LogP contribution in [0.3, 0.4) is 0 Å². The molecule has 1 aliphatic heterocycles. The van der Waals surface area contributed by atoms with E-state index in [0.717, 1.165) is 11.3 Å². The predicted octanol–water partition coefficient (Wildman–Crippen LogP) is 3.17. The summed E-state index contributed by atoms with van der Waals surface area (Å²) in [6.07, 6.45) is 1.24. The molecule has 1 aromatic heterocycles. The average molecular weight is 599 g/mol. The fourth-order valence-electron chi connectivity index (χ4n) is 2.85. The first-order valence-corrected chi connectivity index (χ1v) is 9.46. The maximum Gasteiger partial charge on any atom is 2.00 e. The number of phenols is 1. The van der Waals surface area contributed by atoms with Crippen molar-refractivity contribution in [1.82, 2.24) is 9.78 Å². The predicted molar refractivity (Wildman–Crippen MR) is 114 cm³/mol. The van der Waals surface area contributed by atoms with E-state index in [1.807, 2.05) is 44.1 Å². The molecule has 2 heterocycles. The molecule has 0 saturated carbocycles. The van der Waals surface area contributed by atoms with E-state index < -0.39 is 6.17 Å². The van der Waals surface area contributed by atoms with Gasteiger partial charge < -0.3 is 19.5 Å². The van der Waals surface area contributed by atoms with Crippen molar-refractivity contribution >= 4 is 17.5 Å². The van der Waals surface area contributed by atoms with Crippen LogP contribution in [0.4, 0.5) is 5.69 Å². The third kappa shape index (κ3) is 5.14. The number of anilines is 1. The number of aromatic nitrogens is 2. The molecule has 0 fully saturated rings. The molecule has 1 aliphatic rings. The van der Waals surface area contributed by atoms with Gasteiger partial charge in [-0.3, -0.25) is 4.68 Å². The van der Waals surface area contributed by atoms with E-state index in [2.05, 4.69) is 27.2 Å². The van der Waals surface area contributed by atoms with E-state index in [0.29, 0.717) is 24.1 Å². The molecular weight excluding hydrogens is 577 g/mol. The zero-order chi connectivity index (χ0) is 21.1. The number of aromatic hydroxyl groups is 1. The number of rotatable bonds is 5. The summed E-state index contributed by atoms with van der Waals surface area (Å²) >= 11 is 0. The van der Waals surface area contributed by atoms with Crippen molar-refractivity contribution in [2.45, 2.75) is 13.1 Å². The Balaban J connectivity index is 0.00000272. The number of phenolic OH excluding ortho intramolecular Hbond substituents is 1. The number of nitrogens with zero attached hydrogens (tertiary/aromatic N) is 5. The van der Waals surface area contributed by atoms with Crippen LogP contribution in [0, 0.1) is 12.1 Å². The molecule has 0 saturated heterocycles. The zero-order valence-electron chi connectivity index (χ0n) is 17.2. The van der Waals surface area contributed by atoms with Crippen molar-refractivity contribution in [3.8, 4) is 17.3 Å². The van der Waals surface area contributed by atoms with E-state index in [4.69, 9.17) is 9.47 Å². The molecule has 31 heavy (non-hydrogen) atoms. The van der Waals surface area contributed by atoms with Gasteiger partial charge in [0.15, 0.2) is 6.17 Å². The van der Waals surface area contributed by atoms with E-state index in [1.165, 1.54) is 6.07 Å². The van der Waals surface area contributed by atoms with Gasteiger partial charge in [0, 0.05) is 32.1 Å². The van der Waals surface area contributed by atoms with Crippen LogP contribution in [-0.2, 0) is 25.8 Å². The average Bonchev–Trinajstić information content (AvgIpc) is 3.37. The normalized spacial score (nSPS) is 15.0. The van der Waals surface area contributed by atoms with Crippen LogP contribution in [0.2, 0.25) is 0 Å². The quantitative estimate of drug-likeness (QED) is 0.457. The van der Waals surface area contributed by atoms with E-state index in [1.54, 1.807) is 29.1 Å². The van der Waals surface area contributed by atoms with Gasteiger partial charge in [-0.2, -0.15) is 18.2 Å². The number of aliphatic imine (C=N–C) groups is 2. The minimum Gasteiger partial charge on any atom is -0.566 e. The van der Waals surface area contributed by atoms with Crippen LogP contribution in [0.25, 0.3) is 5.69 Å². The van der Waals surface area contributed by atoms with Gasteiger partial charge in [0.2, 0.25) is 5.88 Å². The fraction of sp³-hybridized carbons (Fsp3) is 0.227. The van der Waals surface area contributed by atoms with Crippen LogP contribution in [0.5, 0.6) is 11.6 Å². The SMILES string of the molecule is CCOC1=NC(c2[c-]ccc(N(C)C)c2)N=C1Oc1ccn(-c2[c-]cc(O)cc2)n1.[Pt+2]. The van der Waals surface area contributed by atoms with Crippen molar-refractivity contribution < 1.29 is 35.6 Å². The first-order valence-electron chi connectivity index (χ1n) is 9.46. The van der Waals surface area contributed by atoms with Gasteiger partial charge in [0.05, 0.1) is 6.61 Å². The van der Waals surface area contributed by atoms with E-state index in [-0.39, 0.29) is 32.7 Å². The van der Waals surface area contributed by atoms with Crippen molar-refractivity contribution in [2.75, 3.05) is 25.6 Å². The number of hydrogen-bond acceptors (Lipinski definition) is 7. The molecule has 1 unspecified atom stereocenters. The fourth-order valence-corrected chi connectivity index (χ4v) is 2.85. The second-order valence-electron chi connectivity index (χ2n) is 6.70. The molecule has 0 aliphatic carbocycles. The molecule has 0 amide bonds. The Bertz CT molecular complexity index is 1090. The topological polar surface area (TPSA) is 84.5 Å². The third-order valence-electron chi connectivity index (χ3n) is 4.34. The molecule has 0 bridgehead atoms. The summed E-state index contributed by atoms with van der Waals surface area (Å²) in [5, 5.41) is 13.8. The third-order valence-corrected chi connectivity index (χ3v) is 4.34. The number of ether oxygens (including phenoxy) is 2. The summed E-state index contributed by atoms with van der Waals surface area (Å²) in [7, 11) is 3.95. The van der Waals surface area contributed by atoms with Crippen LogP contribution >= 0.6 is 0 Å². The standard InChI is InChI=1S/C22H21N5O3.Pt/c1-4-29-21-22(24-20(23-21)15-6-5-7-17(14-15)26(2)3)30-19-12-13-27(25-19)16-8-10-18(28)11-9-16;/h5,7-8,10-14,20,28H,4H2,1-3H3;/q-2;+2. The summed E-state index contributed by atoms with van der Waals surface area (Å²) in [6.45, 7) is 2.31. The van der Waals surface area contributed by atoms with Gasteiger partial charge >= 0.3 is 21.1 Å². The summed E-state index contributed by atoms with van der Waals surface area (Å²) in [5.74, 6) is 1.08. The number of hydrogen-bond donors (Lipinski definition) is 1. The van der Waals surface area contributed by atoms with Crippen molar-refractivity contribution in [1.29, 1.82) is 0 Å². The maximum atomic E-state index is 9.41. The Morgan fingerprint density at radius 1 is 1.13 bits per heavy atom. The molecular formula is C22H21N5O3Pt. The molecule has 9 heteroatoms. The van der Waals surface area contributed by atoms with Gasteiger partial charge in [-0.1, -0.05) is 5.69 Å². The van der Waals surface area contributed by atoms with Gasteiger partial charge in [0.1, 0.15) is 0 Å². The van der Waals surface area contributed by atoms with Crippen LogP contribution in [0.15, 0.2) is 58.6 Å². The Kier molecular flexibility index (Phi) is 7.13. The monoisotopic (exact) mass is 598 g/mol. The molecule has 162 valence electrons. The Labute approximate surface area is 195 Å². The summed E-state index contributed by atoms with van der Waals surface area (Å²) in [6, 6.07) is 18.4. The smallest absolute Gasteiger partial charge is 0.566 e. The van der Waals surface area contributed by atoms with Gasteiger partial charge in [-0.15, -0.1) is 41.0 Å². The minimum absolute atomic E-state index is 0. The summed E-state index contributed by atoms with van der Waals surface area (Å²) < 4.78 is 13.1. The number of benzene rings is 2. The first-order chi connectivity index (χ1) is 14.5. The summed E-state index contributed by atoms with van der Waals surface area (Å²) in [4.78, 5) is 11.1. The van der Waals surface area contributed by atoms with Gasteiger partial charge in [0.25, 0.3) is 11.8 Å². The van der Waals surface area contributed by atoms with Crippen LogP contribution < -0.4 is 9.64 Å². The molecule has 1 atom stereocenters.